The fourth-order valence-electron chi connectivity index (χ4n) is 4.02. The fourth-order valence-corrected chi connectivity index (χ4v) is 4.02. The third-order valence-electron chi connectivity index (χ3n) is 5.41. The van der Waals surface area contributed by atoms with Gasteiger partial charge < -0.3 is 24.8 Å². The van der Waals surface area contributed by atoms with Crippen LogP contribution in [0.15, 0.2) is 30.3 Å². The van der Waals surface area contributed by atoms with Crippen molar-refractivity contribution in [2.75, 3.05) is 25.1 Å². The summed E-state index contributed by atoms with van der Waals surface area (Å²) >= 11 is 0. The lowest BCUT2D eigenvalue weighted by atomic mass is 9.90. The first-order valence-corrected chi connectivity index (χ1v) is 10.6. The van der Waals surface area contributed by atoms with Crippen LogP contribution in [0.3, 0.4) is 0 Å². The summed E-state index contributed by atoms with van der Waals surface area (Å²) < 4.78 is 11.4. The second-order valence-electron chi connectivity index (χ2n) is 7.67. The second kappa shape index (κ2) is 9.73. The number of anilines is 1. The predicted octanol–water partition coefficient (Wildman–Crippen LogP) is 4.71. The van der Waals surface area contributed by atoms with E-state index >= 15 is 0 Å². The number of fused-ring (bicyclic) bond motifs is 1. The lowest BCUT2D eigenvalue weighted by molar-refractivity contribution is -0.138. The number of aryl methyl sites for hydroxylation is 2. The number of nitrogens with one attached hydrogen (secondary N) is 1. The smallest absolute Gasteiger partial charge is 0.322 e. The van der Waals surface area contributed by atoms with E-state index in [4.69, 9.17) is 9.47 Å². The predicted molar refractivity (Wildman–Crippen MR) is 119 cm³/mol. The van der Waals surface area contributed by atoms with Gasteiger partial charge in [0.15, 0.2) is 11.5 Å². The van der Waals surface area contributed by atoms with Gasteiger partial charge in [-0.3, -0.25) is 4.79 Å². The van der Waals surface area contributed by atoms with E-state index in [0.29, 0.717) is 37.7 Å². The third kappa shape index (κ3) is 5.10. The number of ether oxygens (including phenoxy) is 2. The summed E-state index contributed by atoms with van der Waals surface area (Å²) in [5, 5.41) is 12.5. The Kier molecular flexibility index (Phi) is 7.05. The zero-order valence-electron chi connectivity index (χ0n) is 18.5. The highest BCUT2D eigenvalue weighted by Gasteiger charge is 2.34. The Hall–Kier alpha value is -3.22. The molecule has 0 unspecified atom stereocenters. The molecule has 0 aromatic heterocycles. The number of carboxylic acid groups (broad SMARTS) is 1. The van der Waals surface area contributed by atoms with Gasteiger partial charge in [0.05, 0.1) is 25.7 Å². The maximum Gasteiger partial charge on any atom is 0.322 e. The molecule has 1 heterocycles. The van der Waals surface area contributed by atoms with Crippen molar-refractivity contribution in [1.82, 2.24) is 4.90 Å². The Balaban J connectivity index is 1.95. The van der Waals surface area contributed by atoms with E-state index < -0.39 is 12.0 Å². The minimum Gasteiger partial charge on any atom is -0.490 e. The van der Waals surface area contributed by atoms with Crippen LogP contribution in [0.2, 0.25) is 0 Å². The van der Waals surface area contributed by atoms with Gasteiger partial charge in [0, 0.05) is 12.2 Å². The van der Waals surface area contributed by atoms with Crippen LogP contribution < -0.4 is 14.8 Å². The maximum atomic E-state index is 13.2. The van der Waals surface area contributed by atoms with Crippen LogP contribution in [0.25, 0.3) is 0 Å². The van der Waals surface area contributed by atoms with E-state index in [2.05, 4.69) is 5.32 Å². The maximum absolute atomic E-state index is 13.2. The van der Waals surface area contributed by atoms with Crippen molar-refractivity contribution in [1.29, 1.82) is 0 Å². The molecule has 0 radical (unpaired) electrons. The number of carboxylic acids is 1. The fraction of sp³-hybridized carbons (Fsp3) is 0.417. The van der Waals surface area contributed by atoms with Gasteiger partial charge in [-0.05, 0) is 69.0 Å². The standard InChI is InChI=1S/C24H30N2O5/c1-5-30-21-12-17-9-10-26(24(29)25-19-8-7-15(3)11-16(19)4)20(14-23(27)28)18(17)13-22(21)31-6-2/h7-8,11-13,20H,5-6,9-10,14H2,1-4H3,(H,25,29)(H,27,28)/t20-/m1/s1. The second-order valence-corrected chi connectivity index (χ2v) is 7.67. The van der Waals surface area contributed by atoms with Crippen LogP contribution in [0.5, 0.6) is 11.5 Å². The number of benzene rings is 2. The quantitative estimate of drug-likeness (QED) is 0.670. The van der Waals surface area contributed by atoms with E-state index in [9.17, 15) is 14.7 Å². The summed E-state index contributed by atoms with van der Waals surface area (Å²) in [6.45, 7) is 9.10. The Morgan fingerprint density at radius 1 is 1.10 bits per heavy atom. The lowest BCUT2D eigenvalue weighted by Crippen LogP contribution is -2.43. The van der Waals surface area contributed by atoms with Gasteiger partial charge >= 0.3 is 12.0 Å². The van der Waals surface area contributed by atoms with Crippen molar-refractivity contribution in [3.05, 3.63) is 52.6 Å². The van der Waals surface area contributed by atoms with Gasteiger partial charge in [0.1, 0.15) is 0 Å². The van der Waals surface area contributed by atoms with Gasteiger partial charge in [-0.1, -0.05) is 17.7 Å². The Bertz CT molecular complexity index is 973. The minimum atomic E-state index is -0.964. The largest absolute Gasteiger partial charge is 0.490 e. The highest BCUT2D eigenvalue weighted by atomic mass is 16.5. The molecule has 0 saturated carbocycles. The molecule has 1 aliphatic rings. The number of aliphatic carboxylic acids is 1. The van der Waals surface area contributed by atoms with E-state index in [-0.39, 0.29) is 12.5 Å². The van der Waals surface area contributed by atoms with Crippen LogP contribution in [-0.2, 0) is 11.2 Å². The van der Waals surface area contributed by atoms with Crippen molar-refractivity contribution in [3.63, 3.8) is 0 Å². The van der Waals surface area contributed by atoms with Crippen molar-refractivity contribution in [2.45, 2.75) is 46.6 Å². The number of urea groups is 1. The first-order valence-electron chi connectivity index (χ1n) is 10.6. The minimum absolute atomic E-state index is 0.188. The molecule has 7 nitrogen and oxygen atoms in total. The number of amides is 2. The number of hydrogen-bond acceptors (Lipinski definition) is 4. The molecule has 1 atom stereocenters. The zero-order valence-corrected chi connectivity index (χ0v) is 18.5. The van der Waals surface area contributed by atoms with E-state index in [1.54, 1.807) is 4.90 Å². The molecule has 2 aromatic carbocycles. The monoisotopic (exact) mass is 426 g/mol. The van der Waals surface area contributed by atoms with Gasteiger partial charge in [0.25, 0.3) is 0 Å². The average Bonchev–Trinajstić information content (AvgIpc) is 2.71. The first kappa shape index (κ1) is 22.5. The Morgan fingerprint density at radius 3 is 2.39 bits per heavy atom. The van der Waals surface area contributed by atoms with Crippen LogP contribution in [0.1, 0.15) is 48.6 Å². The molecule has 3 rings (SSSR count). The van der Waals surface area contributed by atoms with E-state index in [1.165, 1.54) is 0 Å². The van der Waals surface area contributed by atoms with Crippen LogP contribution in [0.4, 0.5) is 10.5 Å². The molecule has 0 saturated heterocycles. The zero-order chi connectivity index (χ0) is 22.5. The highest BCUT2D eigenvalue weighted by molar-refractivity contribution is 5.91. The molecule has 7 heteroatoms. The molecule has 166 valence electrons. The molecule has 0 aliphatic carbocycles. The van der Waals surface area contributed by atoms with E-state index in [1.807, 2.05) is 58.0 Å². The number of hydrogen-bond donors (Lipinski definition) is 2. The molecule has 2 amide bonds. The molecule has 0 bridgehead atoms. The summed E-state index contributed by atoms with van der Waals surface area (Å²) in [7, 11) is 0. The average molecular weight is 427 g/mol. The molecule has 0 fully saturated rings. The van der Waals surface area contributed by atoms with Gasteiger partial charge in [0.2, 0.25) is 0 Å². The van der Waals surface area contributed by atoms with Crippen molar-refractivity contribution >= 4 is 17.7 Å². The van der Waals surface area contributed by atoms with Crippen molar-refractivity contribution in [2.24, 2.45) is 0 Å². The number of rotatable bonds is 7. The summed E-state index contributed by atoms with van der Waals surface area (Å²) in [5.41, 5.74) is 4.56. The molecule has 0 spiro atoms. The summed E-state index contributed by atoms with van der Waals surface area (Å²) in [4.78, 5) is 26.4. The molecule has 31 heavy (non-hydrogen) atoms. The van der Waals surface area contributed by atoms with Gasteiger partial charge in [-0.25, -0.2) is 4.79 Å². The van der Waals surface area contributed by atoms with Crippen LogP contribution in [-0.4, -0.2) is 41.8 Å². The van der Waals surface area contributed by atoms with Crippen molar-refractivity contribution < 1.29 is 24.2 Å². The summed E-state index contributed by atoms with van der Waals surface area (Å²) in [6, 6.07) is 8.64. The van der Waals surface area contributed by atoms with Gasteiger partial charge in [-0.15, -0.1) is 0 Å². The lowest BCUT2D eigenvalue weighted by Gasteiger charge is -2.37. The Labute approximate surface area is 183 Å². The van der Waals surface area contributed by atoms with E-state index in [0.717, 1.165) is 27.9 Å². The number of nitrogens with zero attached hydrogens (tertiary/aromatic N) is 1. The van der Waals surface area contributed by atoms with Crippen molar-refractivity contribution in [3.8, 4) is 11.5 Å². The molecular formula is C24H30N2O5. The molecular weight excluding hydrogens is 396 g/mol. The highest BCUT2D eigenvalue weighted by Crippen LogP contribution is 2.40. The SMILES string of the molecule is CCOc1cc2c(cc1OCC)[C@@H](CC(=O)O)N(C(=O)Nc1ccc(C)cc1C)CC2. The molecule has 1 aliphatic heterocycles. The molecule has 2 N–H and O–H groups in total. The normalized spacial score (nSPS) is 15.2. The van der Waals surface area contributed by atoms with Crippen LogP contribution >= 0.6 is 0 Å². The number of carbonyl (C=O) groups is 2. The topological polar surface area (TPSA) is 88.1 Å². The summed E-state index contributed by atoms with van der Waals surface area (Å²) in [6.07, 6.45) is 0.422. The number of carbonyl (C=O) groups excluding carboxylic acids is 1. The van der Waals surface area contributed by atoms with Gasteiger partial charge in [-0.2, -0.15) is 0 Å². The third-order valence-corrected chi connectivity index (χ3v) is 5.41. The summed E-state index contributed by atoms with van der Waals surface area (Å²) in [5.74, 6) is 0.245. The first-order chi connectivity index (χ1) is 14.8. The molecule has 2 aromatic rings. The van der Waals surface area contributed by atoms with Crippen LogP contribution in [0, 0.1) is 13.8 Å². The Morgan fingerprint density at radius 2 is 1.77 bits per heavy atom.